The molecule has 0 saturated heterocycles. The molecule has 0 bridgehead atoms. The first kappa shape index (κ1) is 22.2. The highest BCUT2D eigenvalue weighted by molar-refractivity contribution is 7.18. The van der Waals surface area contributed by atoms with Crippen LogP contribution in [0.1, 0.15) is 53.1 Å². The Bertz CT molecular complexity index is 1270. The van der Waals surface area contributed by atoms with Crippen molar-refractivity contribution in [3.05, 3.63) is 55.9 Å². The molecule has 1 aliphatic rings. The highest BCUT2D eigenvalue weighted by Crippen LogP contribution is 2.41. The summed E-state index contributed by atoms with van der Waals surface area (Å²) in [5, 5.41) is 3.36. The van der Waals surface area contributed by atoms with Gasteiger partial charge in [0.05, 0.1) is 17.9 Å². The average molecular weight is 454 g/mol. The van der Waals surface area contributed by atoms with E-state index in [1.54, 1.807) is 13.8 Å². The quantitative estimate of drug-likeness (QED) is 0.590. The largest absolute Gasteiger partial charge is 0.466 e. The van der Waals surface area contributed by atoms with Crippen LogP contribution in [-0.2, 0) is 27.3 Å². The number of carbonyl (C=O) groups is 2. The molecule has 0 spiro atoms. The molecular weight excluding hydrogens is 426 g/mol. The van der Waals surface area contributed by atoms with Crippen molar-refractivity contribution < 1.29 is 14.3 Å². The maximum absolute atomic E-state index is 13.5. The number of aromatic nitrogens is 2. The van der Waals surface area contributed by atoms with Crippen LogP contribution >= 0.6 is 11.3 Å². The summed E-state index contributed by atoms with van der Waals surface area (Å²) in [6.07, 6.45) is 2.34. The molecule has 7 nitrogen and oxygen atoms in total. The molecule has 1 atom stereocenters. The third-order valence-electron chi connectivity index (χ3n) is 6.11. The molecule has 1 amide bonds. The lowest BCUT2D eigenvalue weighted by Gasteiger charge is -2.21. The molecule has 1 N–H and O–H groups in total. The predicted molar refractivity (Wildman–Crippen MR) is 125 cm³/mol. The van der Waals surface area contributed by atoms with Gasteiger partial charge in [0, 0.05) is 10.6 Å². The number of aryl methyl sites for hydroxylation is 3. The second-order valence-electron chi connectivity index (χ2n) is 8.16. The summed E-state index contributed by atoms with van der Waals surface area (Å²) in [6.45, 7) is 7.59. The zero-order valence-electron chi connectivity index (χ0n) is 18.8. The Morgan fingerprint density at radius 1 is 1.28 bits per heavy atom. The van der Waals surface area contributed by atoms with Crippen molar-refractivity contribution in [3.63, 3.8) is 0 Å². The van der Waals surface area contributed by atoms with E-state index in [0.717, 1.165) is 40.1 Å². The summed E-state index contributed by atoms with van der Waals surface area (Å²) in [4.78, 5) is 45.2. The lowest BCUT2D eigenvalue weighted by Crippen LogP contribution is -2.31. The van der Waals surface area contributed by atoms with E-state index >= 15 is 0 Å². The Hall–Kier alpha value is -3.00. The van der Waals surface area contributed by atoms with E-state index in [2.05, 4.69) is 10.3 Å². The molecule has 2 aromatic heterocycles. The third-order valence-corrected chi connectivity index (χ3v) is 7.27. The van der Waals surface area contributed by atoms with Crippen molar-refractivity contribution in [2.45, 2.75) is 59.4 Å². The minimum atomic E-state index is -0.457. The van der Waals surface area contributed by atoms with Crippen molar-refractivity contribution in [1.82, 2.24) is 9.55 Å². The number of ether oxygens (including phenoxy) is 1. The lowest BCUT2D eigenvalue weighted by atomic mass is 9.86. The monoisotopic (exact) mass is 453 g/mol. The number of benzene rings is 1. The summed E-state index contributed by atoms with van der Waals surface area (Å²) in [5.41, 5.74) is 3.26. The van der Waals surface area contributed by atoms with Gasteiger partial charge in [-0.1, -0.05) is 12.1 Å². The van der Waals surface area contributed by atoms with Crippen LogP contribution in [0.15, 0.2) is 23.0 Å². The number of esters is 1. The number of hydrogen-bond acceptors (Lipinski definition) is 6. The van der Waals surface area contributed by atoms with Gasteiger partial charge in [0.15, 0.2) is 0 Å². The van der Waals surface area contributed by atoms with Gasteiger partial charge in [0.2, 0.25) is 5.91 Å². The highest BCUT2D eigenvalue weighted by Gasteiger charge is 2.33. The fraction of sp³-hybridized carbons (Fsp3) is 0.417. The Balaban J connectivity index is 1.72. The zero-order chi connectivity index (χ0) is 23.0. The molecule has 2 heterocycles. The van der Waals surface area contributed by atoms with Gasteiger partial charge in [0.25, 0.3) is 5.56 Å². The van der Waals surface area contributed by atoms with Crippen LogP contribution in [-0.4, -0.2) is 28.0 Å². The normalized spacial score (nSPS) is 15.4. The maximum atomic E-state index is 13.5. The van der Waals surface area contributed by atoms with Gasteiger partial charge in [-0.05, 0) is 69.7 Å². The maximum Gasteiger partial charge on any atom is 0.313 e. The number of carbonyl (C=O) groups excluding carboxylic acids is 2. The first-order chi connectivity index (χ1) is 15.3. The second-order valence-corrected chi connectivity index (χ2v) is 9.25. The van der Waals surface area contributed by atoms with Crippen LogP contribution in [0.25, 0.3) is 10.2 Å². The topological polar surface area (TPSA) is 90.3 Å². The summed E-state index contributed by atoms with van der Waals surface area (Å²) >= 11 is 1.47. The summed E-state index contributed by atoms with van der Waals surface area (Å²) < 4.78 is 6.67. The van der Waals surface area contributed by atoms with Gasteiger partial charge < -0.3 is 10.1 Å². The van der Waals surface area contributed by atoms with Crippen LogP contribution in [0.4, 0.5) is 5.69 Å². The highest BCUT2D eigenvalue weighted by atomic mass is 32.1. The summed E-state index contributed by atoms with van der Waals surface area (Å²) in [6, 6.07) is 5.71. The average Bonchev–Trinajstić information content (AvgIpc) is 3.12. The van der Waals surface area contributed by atoms with Crippen molar-refractivity contribution >= 4 is 39.1 Å². The van der Waals surface area contributed by atoms with E-state index < -0.39 is 5.92 Å². The van der Waals surface area contributed by atoms with Gasteiger partial charge in [-0.2, -0.15) is 0 Å². The third kappa shape index (κ3) is 3.95. The molecule has 0 fully saturated rings. The predicted octanol–water partition coefficient (Wildman–Crippen LogP) is 4.00. The first-order valence-corrected chi connectivity index (χ1v) is 11.7. The summed E-state index contributed by atoms with van der Waals surface area (Å²) in [5.74, 6) is -0.574. The second kappa shape index (κ2) is 8.86. The van der Waals surface area contributed by atoms with Gasteiger partial charge in [-0.3, -0.25) is 19.0 Å². The van der Waals surface area contributed by atoms with Crippen LogP contribution in [0.5, 0.6) is 0 Å². The molecule has 0 radical (unpaired) electrons. The van der Waals surface area contributed by atoms with Gasteiger partial charge in [-0.15, -0.1) is 11.3 Å². The molecular formula is C24H27N3O4S. The van der Waals surface area contributed by atoms with Gasteiger partial charge >= 0.3 is 5.97 Å². The van der Waals surface area contributed by atoms with Crippen molar-refractivity contribution in [2.75, 3.05) is 11.9 Å². The fourth-order valence-corrected chi connectivity index (χ4v) is 5.61. The Labute approximate surface area is 190 Å². The molecule has 0 aliphatic heterocycles. The van der Waals surface area contributed by atoms with E-state index in [0.29, 0.717) is 29.1 Å². The molecule has 168 valence electrons. The number of amides is 1. The molecule has 1 aliphatic carbocycles. The first-order valence-electron chi connectivity index (χ1n) is 10.9. The fourth-order valence-electron chi connectivity index (χ4n) is 4.30. The lowest BCUT2D eigenvalue weighted by molar-refractivity contribution is -0.145. The number of rotatable bonds is 5. The van der Waals surface area contributed by atoms with Crippen LogP contribution in [0.3, 0.4) is 0 Å². The number of fused-ring (bicyclic) bond motifs is 3. The van der Waals surface area contributed by atoms with E-state index in [1.165, 1.54) is 15.9 Å². The minimum Gasteiger partial charge on any atom is -0.466 e. The SMILES string of the molecule is CCOC(=O)C1CCCc2sc3nc(C)n(CC(=O)Nc4cccc(C)c4C)c(=O)c3c21. The molecule has 8 heteroatoms. The smallest absolute Gasteiger partial charge is 0.313 e. The zero-order valence-corrected chi connectivity index (χ0v) is 19.6. The Morgan fingerprint density at radius 3 is 2.81 bits per heavy atom. The molecule has 1 unspecified atom stereocenters. The summed E-state index contributed by atoms with van der Waals surface area (Å²) in [7, 11) is 0. The molecule has 1 aromatic carbocycles. The number of nitrogens with zero attached hydrogens (tertiary/aromatic N) is 2. The number of anilines is 1. The van der Waals surface area contributed by atoms with E-state index in [4.69, 9.17) is 4.74 Å². The standard InChI is InChI=1S/C24H27N3O4S/c1-5-31-24(30)16-9-7-11-18-20(16)21-22(32-18)25-15(4)27(23(21)29)12-19(28)26-17-10-6-8-13(2)14(17)3/h6,8,10,16H,5,7,9,11-12H2,1-4H3,(H,26,28). The minimum absolute atomic E-state index is 0.143. The van der Waals surface area contributed by atoms with Gasteiger partial charge in [0.1, 0.15) is 17.2 Å². The molecule has 0 saturated carbocycles. The van der Waals surface area contributed by atoms with Crippen LogP contribution < -0.4 is 10.9 Å². The van der Waals surface area contributed by atoms with Crippen LogP contribution in [0.2, 0.25) is 0 Å². The number of hydrogen-bond donors (Lipinski definition) is 1. The number of nitrogens with one attached hydrogen (secondary N) is 1. The van der Waals surface area contributed by atoms with Crippen molar-refractivity contribution in [2.24, 2.45) is 0 Å². The molecule has 3 aromatic rings. The van der Waals surface area contributed by atoms with E-state index in [1.807, 2.05) is 32.0 Å². The number of thiophene rings is 1. The Morgan fingerprint density at radius 2 is 2.06 bits per heavy atom. The van der Waals surface area contributed by atoms with Crippen LogP contribution in [0, 0.1) is 20.8 Å². The van der Waals surface area contributed by atoms with Crippen molar-refractivity contribution in [3.8, 4) is 0 Å². The van der Waals surface area contributed by atoms with E-state index in [9.17, 15) is 14.4 Å². The molecule has 32 heavy (non-hydrogen) atoms. The molecule has 4 rings (SSSR count). The van der Waals surface area contributed by atoms with Gasteiger partial charge in [-0.25, -0.2) is 4.98 Å². The van der Waals surface area contributed by atoms with E-state index in [-0.39, 0.29) is 24.0 Å². The van der Waals surface area contributed by atoms with Crippen molar-refractivity contribution in [1.29, 1.82) is 0 Å². The Kier molecular flexibility index (Phi) is 6.15.